The van der Waals surface area contributed by atoms with Gasteiger partial charge in [0.1, 0.15) is 11.6 Å². The van der Waals surface area contributed by atoms with Crippen molar-refractivity contribution in [1.29, 1.82) is 0 Å². The Balaban J connectivity index is 5.13. The Hall–Kier alpha value is -1.52. The van der Waals surface area contributed by atoms with Gasteiger partial charge in [-0.1, -0.05) is 0 Å². The molecule has 0 saturated heterocycles. The van der Waals surface area contributed by atoms with Crippen molar-refractivity contribution >= 4 is 29.7 Å². The summed E-state index contributed by atoms with van der Waals surface area (Å²) >= 11 is 1.40. The number of amides is 2. The number of alkyl carbamates (subject to hydrolysis) is 1. The molecular formula is C18H35N3O6S. The molecule has 0 radical (unpaired) electrons. The van der Waals surface area contributed by atoms with Crippen LogP contribution in [0.5, 0.6) is 0 Å². The van der Waals surface area contributed by atoms with Crippen LogP contribution in [0.4, 0.5) is 4.79 Å². The van der Waals surface area contributed by atoms with E-state index in [4.69, 9.17) is 19.9 Å². The SMILES string of the molecule is COC(=O)[C@H](COC(C)(C)C)NC(=O)[C@H](CSCCN)NC(=O)OC(C)(C)C. The van der Waals surface area contributed by atoms with Crippen LogP contribution < -0.4 is 16.4 Å². The number of nitrogens with two attached hydrogens (primary N) is 1. The Bertz CT molecular complexity index is 516. The molecule has 0 rings (SSSR count). The van der Waals surface area contributed by atoms with Crippen LogP contribution in [0.2, 0.25) is 0 Å². The van der Waals surface area contributed by atoms with E-state index in [-0.39, 0.29) is 12.4 Å². The normalized spacial score (nSPS) is 14.0. The van der Waals surface area contributed by atoms with Gasteiger partial charge < -0.3 is 30.6 Å². The van der Waals surface area contributed by atoms with E-state index in [2.05, 4.69) is 10.6 Å². The topological polar surface area (TPSA) is 129 Å². The molecule has 164 valence electrons. The molecular weight excluding hydrogens is 386 g/mol. The summed E-state index contributed by atoms with van der Waals surface area (Å²) in [5.41, 5.74) is 4.28. The Labute approximate surface area is 171 Å². The van der Waals surface area contributed by atoms with Gasteiger partial charge >= 0.3 is 12.1 Å². The van der Waals surface area contributed by atoms with Crippen LogP contribution in [0.3, 0.4) is 0 Å². The second-order valence-electron chi connectivity index (χ2n) is 8.07. The van der Waals surface area contributed by atoms with Crippen molar-refractivity contribution in [1.82, 2.24) is 10.6 Å². The summed E-state index contributed by atoms with van der Waals surface area (Å²) in [6.07, 6.45) is -0.721. The van der Waals surface area contributed by atoms with Gasteiger partial charge in [-0.3, -0.25) is 4.79 Å². The molecule has 4 N–H and O–H groups in total. The fourth-order valence-corrected chi connectivity index (χ4v) is 2.64. The average Bonchev–Trinajstić information content (AvgIpc) is 2.54. The molecule has 0 aromatic rings. The van der Waals surface area contributed by atoms with Crippen LogP contribution >= 0.6 is 11.8 Å². The largest absolute Gasteiger partial charge is 0.467 e. The summed E-state index contributed by atoms with van der Waals surface area (Å²) in [4.78, 5) is 36.8. The van der Waals surface area contributed by atoms with Crippen molar-refractivity contribution in [3.8, 4) is 0 Å². The van der Waals surface area contributed by atoms with E-state index in [1.807, 2.05) is 20.8 Å². The predicted molar refractivity (Wildman–Crippen MR) is 109 cm³/mol. The first-order chi connectivity index (χ1) is 12.8. The van der Waals surface area contributed by atoms with Gasteiger partial charge in [0.15, 0.2) is 6.04 Å². The van der Waals surface area contributed by atoms with Crippen LogP contribution in [-0.2, 0) is 23.8 Å². The number of thioether (sulfide) groups is 1. The van der Waals surface area contributed by atoms with E-state index in [0.717, 1.165) is 0 Å². The quantitative estimate of drug-likeness (QED) is 0.353. The van der Waals surface area contributed by atoms with Crippen molar-refractivity contribution < 1.29 is 28.6 Å². The minimum absolute atomic E-state index is 0.0585. The van der Waals surface area contributed by atoms with Gasteiger partial charge in [0.25, 0.3) is 0 Å². The van der Waals surface area contributed by atoms with Gasteiger partial charge in [0, 0.05) is 18.1 Å². The number of methoxy groups -OCH3 is 1. The summed E-state index contributed by atoms with van der Waals surface area (Å²) in [5, 5.41) is 5.12. The lowest BCUT2D eigenvalue weighted by Crippen LogP contribution is -2.55. The second kappa shape index (κ2) is 12.1. The number of hydrogen-bond acceptors (Lipinski definition) is 8. The standard InChI is InChI=1S/C18H35N3O6S/c1-17(2,3)26-10-12(15(23)25-7)20-14(22)13(11-28-9-8-19)21-16(24)27-18(4,5)6/h12-13H,8-11,19H2,1-7H3,(H,20,22)(H,21,24)/t12-,13-/m0/s1. The number of hydrogen-bond donors (Lipinski definition) is 3. The maximum Gasteiger partial charge on any atom is 0.408 e. The number of nitrogens with one attached hydrogen (secondary N) is 2. The minimum Gasteiger partial charge on any atom is -0.467 e. The van der Waals surface area contributed by atoms with Crippen LogP contribution in [0.25, 0.3) is 0 Å². The van der Waals surface area contributed by atoms with Crippen molar-refractivity contribution in [2.24, 2.45) is 5.73 Å². The van der Waals surface area contributed by atoms with Crippen molar-refractivity contribution in [2.75, 3.05) is 31.8 Å². The predicted octanol–water partition coefficient (Wildman–Crippen LogP) is 1.04. The molecule has 0 aliphatic carbocycles. The summed E-state index contributed by atoms with van der Waals surface area (Å²) in [6, 6.07) is -1.91. The smallest absolute Gasteiger partial charge is 0.408 e. The third kappa shape index (κ3) is 12.8. The molecule has 0 heterocycles. The summed E-state index contributed by atoms with van der Waals surface area (Å²) in [5.74, 6) is -0.282. The maximum atomic E-state index is 12.7. The number of rotatable bonds is 10. The van der Waals surface area contributed by atoms with Gasteiger partial charge in [-0.2, -0.15) is 11.8 Å². The molecule has 2 amide bonds. The van der Waals surface area contributed by atoms with E-state index < -0.39 is 41.3 Å². The van der Waals surface area contributed by atoms with Crippen molar-refractivity contribution in [3.63, 3.8) is 0 Å². The molecule has 0 unspecified atom stereocenters. The first-order valence-electron chi connectivity index (χ1n) is 9.08. The molecule has 0 aromatic heterocycles. The summed E-state index contributed by atoms with van der Waals surface area (Å²) < 4.78 is 15.5. The van der Waals surface area contributed by atoms with Crippen LogP contribution in [0.15, 0.2) is 0 Å². The molecule has 0 aliphatic heterocycles. The highest BCUT2D eigenvalue weighted by Gasteiger charge is 2.30. The highest BCUT2D eigenvalue weighted by atomic mass is 32.2. The molecule has 10 heteroatoms. The van der Waals surface area contributed by atoms with Crippen molar-refractivity contribution in [3.05, 3.63) is 0 Å². The van der Waals surface area contributed by atoms with E-state index >= 15 is 0 Å². The molecule has 0 bridgehead atoms. The highest BCUT2D eigenvalue weighted by Crippen LogP contribution is 2.10. The fourth-order valence-electron chi connectivity index (χ4n) is 1.83. The maximum absolute atomic E-state index is 12.7. The zero-order valence-corrected chi connectivity index (χ0v) is 18.7. The molecule has 0 spiro atoms. The molecule has 9 nitrogen and oxygen atoms in total. The molecule has 0 saturated carbocycles. The lowest BCUT2D eigenvalue weighted by atomic mass is 10.2. The number of ether oxygens (including phenoxy) is 3. The Morgan fingerprint density at radius 1 is 1.00 bits per heavy atom. The third-order valence-electron chi connectivity index (χ3n) is 3.04. The summed E-state index contributed by atoms with van der Waals surface area (Å²) in [6.45, 7) is 11.1. The highest BCUT2D eigenvalue weighted by molar-refractivity contribution is 7.99. The second-order valence-corrected chi connectivity index (χ2v) is 9.22. The monoisotopic (exact) mass is 421 g/mol. The Morgan fingerprint density at radius 3 is 2.07 bits per heavy atom. The molecule has 0 fully saturated rings. The molecule has 28 heavy (non-hydrogen) atoms. The van der Waals surface area contributed by atoms with Gasteiger partial charge in [0.2, 0.25) is 5.91 Å². The van der Waals surface area contributed by atoms with Gasteiger partial charge in [-0.05, 0) is 41.5 Å². The third-order valence-corrected chi connectivity index (χ3v) is 4.13. The van der Waals surface area contributed by atoms with Crippen molar-refractivity contribution in [2.45, 2.75) is 64.8 Å². The minimum atomic E-state index is -1.00. The van der Waals surface area contributed by atoms with E-state index in [0.29, 0.717) is 12.3 Å². The zero-order valence-electron chi connectivity index (χ0n) is 17.9. The van der Waals surface area contributed by atoms with Crippen LogP contribution in [-0.4, -0.2) is 73.0 Å². The molecule has 2 atom stereocenters. The molecule has 0 aliphatic rings. The lowest BCUT2D eigenvalue weighted by molar-refractivity contribution is -0.148. The van der Waals surface area contributed by atoms with E-state index in [9.17, 15) is 14.4 Å². The average molecular weight is 422 g/mol. The number of carbonyl (C=O) groups is 3. The van der Waals surface area contributed by atoms with E-state index in [1.165, 1.54) is 18.9 Å². The van der Waals surface area contributed by atoms with Gasteiger partial charge in [-0.15, -0.1) is 0 Å². The fraction of sp³-hybridized carbons (Fsp3) is 0.833. The Kier molecular flexibility index (Phi) is 11.5. The van der Waals surface area contributed by atoms with Gasteiger partial charge in [-0.25, -0.2) is 9.59 Å². The number of carbonyl (C=O) groups excluding carboxylic acids is 3. The number of esters is 1. The van der Waals surface area contributed by atoms with E-state index in [1.54, 1.807) is 20.8 Å². The summed E-state index contributed by atoms with van der Waals surface area (Å²) in [7, 11) is 1.23. The lowest BCUT2D eigenvalue weighted by Gasteiger charge is -2.26. The van der Waals surface area contributed by atoms with Crippen LogP contribution in [0, 0.1) is 0 Å². The van der Waals surface area contributed by atoms with Gasteiger partial charge in [0.05, 0.1) is 19.3 Å². The Morgan fingerprint density at radius 2 is 1.61 bits per heavy atom. The zero-order chi connectivity index (χ0) is 22.0. The van der Waals surface area contributed by atoms with Crippen LogP contribution in [0.1, 0.15) is 41.5 Å². The first kappa shape index (κ1) is 26.5. The first-order valence-corrected chi connectivity index (χ1v) is 10.2. The molecule has 0 aromatic carbocycles.